The van der Waals surface area contributed by atoms with Crippen molar-refractivity contribution in [3.63, 3.8) is 0 Å². The Labute approximate surface area is 111 Å². The quantitative estimate of drug-likeness (QED) is 0.860. The first kappa shape index (κ1) is 15.4. The third-order valence-corrected chi connectivity index (χ3v) is 2.80. The van der Waals surface area contributed by atoms with Crippen LogP contribution in [0.1, 0.15) is 16.8 Å². The number of benzene rings is 1. The highest BCUT2D eigenvalue weighted by Crippen LogP contribution is 2.23. The number of carbonyl (C=O) groups is 1. The number of aromatic carboxylic acids is 1. The van der Waals surface area contributed by atoms with E-state index in [0.717, 1.165) is 19.0 Å². The third kappa shape index (κ3) is 3.89. The molecule has 106 valence electrons. The van der Waals surface area contributed by atoms with Crippen molar-refractivity contribution in [2.24, 2.45) is 0 Å². The first-order valence-corrected chi connectivity index (χ1v) is 5.91. The van der Waals surface area contributed by atoms with Crippen molar-refractivity contribution in [2.75, 3.05) is 39.1 Å². The molecule has 0 heterocycles. The van der Waals surface area contributed by atoms with Crippen molar-refractivity contribution in [1.29, 1.82) is 0 Å². The van der Waals surface area contributed by atoms with Gasteiger partial charge in [0.15, 0.2) is 11.6 Å². The van der Waals surface area contributed by atoms with E-state index >= 15 is 0 Å². The van der Waals surface area contributed by atoms with Crippen LogP contribution in [0, 0.1) is 11.6 Å². The van der Waals surface area contributed by atoms with Crippen LogP contribution in [0.25, 0.3) is 0 Å². The molecule has 0 amide bonds. The molecular weight excluding hydrogens is 254 g/mol. The minimum Gasteiger partial charge on any atom is -0.478 e. The first-order chi connectivity index (χ1) is 8.84. The van der Waals surface area contributed by atoms with E-state index < -0.39 is 23.2 Å². The standard InChI is InChI=1S/C13H18F2N2O2/c1-16(2)7-4-8-17(3)10-6-5-9(13(18)19)11(14)12(10)15/h5-6H,4,7-8H2,1-3H3,(H,18,19). The summed E-state index contributed by atoms with van der Waals surface area (Å²) in [6, 6.07) is 2.37. The monoisotopic (exact) mass is 272 g/mol. The SMILES string of the molecule is CN(C)CCCN(C)c1ccc(C(=O)O)c(F)c1F. The van der Waals surface area contributed by atoms with Gasteiger partial charge in [0.1, 0.15) is 0 Å². The van der Waals surface area contributed by atoms with Gasteiger partial charge in [-0.05, 0) is 39.2 Å². The lowest BCUT2D eigenvalue weighted by Gasteiger charge is -2.21. The molecule has 0 radical (unpaired) electrons. The number of carboxylic acids is 1. The smallest absolute Gasteiger partial charge is 0.338 e. The van der Waals surface area contributed by atoms with Crippen molar-refractivity contribution in [2.45, 2.75) is 6.42 Å². The maximum absolute atomic E-state index is 13.8. The van der Waals surface area contributed by atoms with Crippen molar-refractivity contribution < 1.29 is 18.7 Å². The first-order valence-electron chi connectivity index (χ1n) is 5.91. The Bertz CT molecular complexity index is 464. The summed E-state index contributed by atoms with van der Waals surface area (Å²) in [6.45, 7) is 1.39. The normalized spacial score (nSPS) is 10.8. The summed E-state index contributed by atoms with van der Waals surface area (Å²) in [5.41, 5.74) is -0.579. The van der Waals surface area contributed by atoms with Crippen molar-refractivity contribution >= 4 is 11.7 Å². The number of nitrogens with zero attached hydrogens (tertiary/aromatic N) is 2. The number of anilines is 1. The Hall–Kier alpha value is -1.69. The summed E-state index contributed by atoms with van der Waals surface area (Å²) in [5, 5.41) is 8.70. The van der Waals surface area contributed by atoms with Gasteiger partial charge in [-0.15, -0.1) is 0 Å². The molecule has 0 saturated carbocycles. The Morgan fingerprint density at radius 1 is 1.16 bits per heavy atom. The number of halogens is 2. The van der Waals surface area contributed by atoms with Crippen LogP contribution in [-0.4, -0.2) is 50.2 Å². The van der Waals surface area contributed by atoms with Crippen molar-refractivity contribution in [3.05, 3.63) is 29.3 Å². The molecule has 0 atom stereocenters. The van der Waals surface area contributed by atoms with E-state index in [2.05, 4.69) is 0 Å². The predicted octanol–water partition coefficient (Wildman–Crippen LogP) is 2.05. The summed E-state index contributed by atoms with van der Waals surface area (Å²) < 4.78 is 27.3. The fraction of sp³-hybridized carbons (Fsp3) is 0.462. The van der Waals surface area contributed by atoms with Gasteiger partial charge in [0.05, 0.1) is 11.3 Å². The van der Waals surface area contributed by atoms with Gasteiger partial charge in [0.25, 0.3) is 0 Å². The lowest BCUT2D eigenvalue weighted by atomic mass is 10.1. The largest absolute Gasteiger partial charge is 0.478 e. The van der Waals surface area contributed by atoms with Gasteiger partial charge >= 0.3 is 5.97 Å². The fourth-order valence-corrected chi connectivity index (χ4v) is 1.74. The molecular formula is C13H18F2N2O2. The second-order valence-corrected chi connectivity index (χ2v) is 4.64. The Kier molecular flexibility index (Phi) is 5.23. The third-order valence-electron chi connectivity index (χ3n) is 2.80. The number of rotatable bonds is 6. The molecule has 0 unspecified atom stereocenters. The van der Waals surface area contributed by atoms with Crippen molar-refractivity contribution in [1.82, 2.24) is 4.90 Å². The predicted molar refractivity (Wildman–Crippen MR) is 69.8 cm³/mol. The van der Waals surface area contributed by atoms with Crippen LogP contribution in [0.5, 0.6) is 0 Å². The van der Waals surface area contributed by atoms with Gasteiger partial charge in [0, 0.05) is 13.6 Å². The van der Waals surface area contributed by atoms with E-state index in [4.69, 9.17) is 5.11 Å². The van der Waals surface area contributed by atoms with E-state index in [9.17, 15) is 13.6 Å². The zero-order valence-corrected chi connectivity index (χ0v) is 11.3. The maximum atomic E-state index is 13.8. The summed E-state index contributed by atoms with van der Waals surface area (Å²) in [4.78, 5) is 14.3. The molecule has 6 heteroatoms. The van der Waals surface area contributed by atoms with Crippen LogP contribution in [0.4, 0.5) is 14.5 Å². The molecule has 0 aliphatic carbocycles. The molecule has 19 heavy (non-hydrogen) atoms. The summed E-state index contributed by atoms with van der Waals surface area (Å²) in [7, 11) is 5.51. The van der Waals surface area contributed by atoms with E-state index in [0.29, 0.717) is 6.54 Å². The molecule has 4 nitrogen and oxygen atoms in total. The Morgan fingerprint density at radius 3 is 2.32 bits per heavy atom. The molecule has 1 aromatic rings. The minimum absolute atomic E-state index is 0.0706. The van der Waals surface area contributed by atoms with E-state index in [1.807, 2.05) is 19.0 Å². The van der Waals surface area contributed by atoms with Crippen LogP contribution >= 0.6 is 0 Å². The zero-order chi connectivity index (χ0) is 14.6. The van der Waals surface area contributed by atoms with Gasteiger partial charge in [-0.1, -0.05) is 0 Å². The van der Waals surface area contributed by atoms with Crippen LogP contribution < -0.4 is 4.90 Å². The molecule has 0 aliphatic heterocycles. The van der Waals surface area contributed by atoms with Gasteiger partial charge in [0.2, 0.25) is 0 Å². The lowest BCUT2D eigenvalue weighted by molar-refractivity contribution is 0.0690. The molecule has 1 N–H and O–H groups in total. The Balaban J connectivity index is 2.84. The molecule has 0 bridgehead atoms. The molecule has 1 rings (SSSR count). The second kappa shape index (κ2) is 6.47. The molecule has 0 aliphatic rings. The van der Waals surface area contributed by atoms with E-state index in [1.165, 1.54) is 6.07 Å². The van der Waals surface area contributed by atoms with Gasteiger partial charge < -0.3 is 14.9 Å². The highest BCUT2D eigenvalue weighted by atomic mass is 19.2. The van der Waals surface area contributed by atoms with Crippen molar-refractivity contribution in [3.8, 4) is 0 Å². The maximum Gasteiger partial charge on any atom is 0.338 e. The fourth-order valence-electron chi connectivity index (χ4n) is 1.74. The minimum atomic E-state index is -1.47. The van der Waals surface area contributed by atoms with Crippen LogP contribution in [0.3, 0.4) is 0 Å². The van der Waals surface area contributed by atoms with Crippen LogP contribution in [0.15, 0.2) is 12.1 Å². The molecule has 0 spiro atoms. The zero-order valence-electron chi connectivity index (χ0n) is 11.3. The summed E-state index contributed by atoms with van der Waals surface area (Å²) in [5.74, 6) is -3.91. The van der Waals surface area contributed by atoms with Crippen LogP contribution in [0.2, 0.25) is 0 Å². The van der Waals surface area contributed by atoms with E-state index in [-0.39, 0.29) is 5.69 Å². The number of carboxylic acid groups (broad SMARTS) is 1. The number of hydrogen-bond donors (Lipinski definition) is 1. The van der Waals surface area contributed by atoms with Gasteiger partial charge in [-0.25, -0.2) is 13.6 Å². The van der Waals surface area contributed by atoms with E-state index in [1.54, 1.807) is 11.9 Å². The van der Waals surface area contributed by atoms with Gasteiger partial charge in [-0.3, -0.25) is 0 Å². The molecule has 0 aromatic heterocycles. The lowest BCUT2D eigenvalue weighted by Crippen LogP contribution is -2.24. The van der Waals surface area contributed by atoms with Gasteiger partial charge in [-0.2, -0.15) is 0 Å². The number of hydrogen-bond acceptors (Lipinski definition) is 3. The second-order valence-electron chi connectivity index (χ2n) is 4.64. The van der Waals surface area contributed by atoms with Crippen LogP contribution in [-0.2, 0) is 0 Å². The summed E-state index contributed by atoms with van der Waals surface area (Å²) >= 11 is 0. The highest BCUT2D eigenvalue weighted by Gasteiger charge is 2.19. The topological polar surface area (TPSA) is 43.8 Å². The Morgan fingerprint density at radius 2 is 1.79 bits per heavy atom. The molecule has 0 fully saturated rings. The average molecular weight is 272 g/mol. The summed E-state index contributed by atoms with van der Waals surface area (Å²) in [6.07, 6.45) is 0.797. The molecule has 0 saturated heterocycles. The average Bonchev–Trinajstić information content (AvgIpc) is 2.31. The molecule has 1 aromatic carbocycles. The highest BCUT2D eigenvalue weighted by molar-refractivity contribution is 5.88.